The number of piperidine rings is 2. The number of aliphatic carboxylic acids is 1. The molecule has 0 aromatic heterocycles. The number of rotatable bonds is 6. The van der Waals surface area contributed by atoms with Crippen LogP contribution in [-0.4, -0.2) is 34.2 Å². The van der Waals surface area contributed by atoms with Crippen LogP contribution >= 0.6 is 0 Å². The molecule has 37 heavy (non-hydrogen) atoms. The van der Waals surface area contributed by atoms with Gasteiger partial charge in [0.15, 0.2) is 0 Å². The first-order valence-corrected chi connectivity index (χ1v) is 14.0. The van der Waals surface area contributed by atoms with E-state index in [1.807, 2.05) is 12.1 Å². The molecule has 3 unspecified atom stereocenters. The van der Waals surface area contributed by atoms with Crippen molar-refractivity contribution in [2.24, 2.45) is 11.8 Å². The first-order valence-electron chi connectivity index (χ1n) is 14.0. The van der Waals surface area contributed by atoms with Crippen molar-refractivity contribution in [2.45, 2.75) is 108 Å². The minimum atomic E-state index is -4.52. The van der Waals surface area contributed by atoms with Crippen LogP contribution in [0, 0.1) is 11.8 Å². The number of hydrogen-bond acceptors (Lipinski definition) is 3. The van der Waals surface area contributed by atoms with Crippen LogP contribution in [0.4, 0.5) is 13.2 Å². The molecule has 2 aromatic rings. The highest BCUT2D eigenvalue weighted by Crippen LogP contribution is 2.45. The Hall–Kier alpha value is -2.28. The largest absolute Gasteiger partial charge is 0.490 e. The van der Waals surface area contributed by atoms with E-state index >= 15 is 0 Å². The number of hydrogen-bond donors (Lipinski definition) is 1. The lowest BCUT2D eigenvalue weighted by molar-refractivity contribution is -0.147. The number of alkyl halides is 3. The van der Waals surface area contributed by atoms with Crippen molar-refractivity contribution in [1.29, 1.82) is 0 Å². The molecule has 3 aliphatic rings. The average molecular weight is 518 g/mol. The molecule has 2 heterocycles. The molecule has 7 heteroatoms. The number of carbonyl (C=O) groups is 1. The molecule has 202 valence electrons. The van der Waals surface area contributed by atoms with Gasteiger partial charge in [-0.15, -0.1) is 0 Å². The number of nitrogens with zero attached hydrogens (tertiary/aromatic N) is 1. The van der Waals surface area contributed by atoms with Gasteiger partial charge in [0.25, 0.3) is 0 Å². The van der Waals surface area contributed by atoms with Gasteiger partial charge in [0.2, 0.25) is 0 Å². The first-order chi connectivity index (χ1) is 17.7. The zero-order chi connectivity index (χ0) is 26.3. The van der Waals surface area contributed by atoms with Crippen molar-refractivity contribution in [3.63, 3.8) is 0 Å². The maximum atomic E-state index is 14.3. The lowest BCUT2D eigenvalue weighted by Gasteiger charge is -2.51. The SMILES string of the molecule is CCC1CCC(Oc2ccc3cc(C(C)N4C5CCCC4CC(C(=O)O)C5)ccc3c2C(F)(F)F)CC1. The summed E-state index contributed by atoms with van der Waals surface area (Å²) in [6, 6.07) is 8.96. The Morgan fingerprint density at radius 2 is 1.73 bits per heavy atom. The van der Waals surface area contributed by atoms with Crippen molar-refractivity contribution in [3.8, 4) is 5.75 Å². The van der Waals surface area contributed by atoms with E-state index in [1.54, 1.807) is 12.1 Å². The Kier molecular flexibility index (Phi) is 7.45. The fourth-order valence-electron chi connectivity index (χ4n) is 7.24. The van der Waals surface area contributed by atoms with Gasteiger partial charge >= 0.3 is 12.1 Å². The number of benzene rings is 2. The van der Waals surface area contributed by atoms with Crippen molar-refractivity contribution in [3.05, 3.63) is 41.5 Å². The van der Waals surface area contributed by atoms with Crippen molar-refractivity contribution < 1.29 is 27.8 Å². The normalized spacial score (nSPS) is 29.7. The van der Waals surface area contributed by atoms with E-state index in [-0.39, 0.29) is 41.3 Å². The Balaban J connectivity index is 1.42. The second kappa shape index (κ2) is 10.5. The van der Waals surface area contributed by atoms with Crippen LogP contribution in [-0.2, 0) is 11.0 Å². The van der Waals surface area contributed by atoms with Crippen LogP contribution in [0.2, 0.25) is 0 Å². The van der Waals surface area contributed by atoms with Gasteiger partial charge < -0.3 is 9.84 Å². The molecule has 2 bridgehead atoms. The monoisotopic (exact) mass is 517 g/mol. The number of carboxylic acids is 1. The molecule has 4 nitrogen and oxygen atoms in total. The predicted octanol–water partition coefficient (Wildman–Crippen LogP) is 7.98. The predicted molar refractivity (Wildman–Crippen MR) is 138 cm³/mol. The van der Waals surface area contributed by atoms with E-state index in [0.717, 1.165) is 56.9 Å². The number of ether oxygens (including phenoxy) is 1. The molecular weight excluding hydrogens is 479 g/mol. The Morgan fingerprint density at radius 3 is 2.32 bits per heavy atom. The quantitative estimate of drug-likeness (QED) is 0.422. The molecule has 2 saturated heterocycles. The average Bonchev–Trinajstić information content (AvgIpc) is 2.86. The molecule has 1 aliphatic carbocycles. The topological polar surface area (TPSA) is 49.8 Å². The van der Waals surface area contributed by atoms with Crippen LogP contribution in [0.25, 0.3) is 10.8 Å². The molecule has 3 fully saturated rings. The summed E-state index contributed by atoms with van der Waals surface area (Å²) in [6.07, 6.45) is 4.34. The molecule has 1 N–H and O–H groups in total. The third-order valence-corrected chi connectivity index (χ3v) is 9.26. The van der Waals surface area contributed by atoms with Gasteiger partial charge in [-0.25, -0.2) is 0 Å². The van der Waals surface area contributed by atoms with E-state index in [4.69, 9.17) is 4.74 Å². The van der Waals surface area contributed by atoms with E-state index in [0.29, 0.717) is 24.1 Å². The molecule has 0 spiro atoms. The van der Waals surface area contributed by atoms with Gasteiger partial charge in [-0.3, -0.25) is 9.69 Å². The summed E-state index contributed by atoms with van der Waals surface area (Å²) in [5.41, 5.74) is 0.291. The summed E-state index contributed by atoms with van der Waals surface area (Å²) in [6.45, 7) is 4.26. The molecule has 0 radical (unpaired) electrons. The second-order valence-electron chi connectivity index (χ2n) is 11.5. The van der Waals surface area contributed by atoms with E-state index in [2.05, 4.69) is 18.7 Å². The summed E-state index contributed by atoms with van der Waals surface area (Å²) in [5, 5.41) is 10.3. The zero-order valence-electron chi connectivity index (χ0n) is 21.8. The van der Waals surface area contributed by atoms with E-state index in [1.165, 1.54) is 6.07 Å². The lowest BCUT2D eigenvalue weighted by Crippen LogP contribution is -2.53. The smallest absolute Gasteiger partial charge is 0.420 e. The zero-order valence-corrected chi connectivity index (χ0v) is 21.8. The highest BCUT2D eigenvalue weighted by atomic mass is 19.4. The number of carboxylic acid groups (broad SMARTS) is 1. The molecule has 2 aliphatic heterocycles. The van der Waals surface area contributed by atoms with Crippen molar-refractivity contribution >= 4 is 16.7 Å². The van der Waals surface area contributed by atoms with Crippen LogP contribution in [0.1, 0.15) is 95.2 Å². The summed E-state index contributed by atoms with van der Waals surface area (Å²) >= 11 is 0. The third kappa shape index (κ3) is 5.34. The van der Waals surface area contributed by atoms with Gasteiger partial charge in [0.1, 0.15) is 11.3 Å². The standard InChI is InChI=1S/C30H38F3NO3/c1-3-19-7-11-25(12-8-19)37-27-14-10-21-15-20(9-13-26(21)28(27)30(31,32)33)18(2)34-23-5-4-6-24(34)17-22(16-23)29(35)36/h9-10,13-15,18-19,22-25H,3-8,11-12,16-17H2,1-2H3,(H,35,36). The minimum Gasteiger partial charge on any atom is -0.490 e. The van der Waals surface area contributed by atoms with Gasteiger partial charge in [-0.2, -0.15) is 13.2 Å². The van der Waals surface area contributed by atoms with Gasteiger partial charge in [0.05, 0.1) is 12.0 Å². The molecule has 5 rings (SSSR count). The minimum absolute atomic E-state index is 0.00783. The first kappa shape index (κ1) is 26.3. The molecule has 3 atom stereocenters. The summed E-state index contributed by atoms with van der Waals surface area (Å²) in [7, 11) is 0. The van der Waals surface area contributed by atoms with Gasteiger partial charge in [0, 0.05) is 18.1 Å². The molecular formula is C30H38F3NO3. The fraction of sp³-hybridized carbons (Fsp3) is 0.633. The van der Waals surface area contributed by atoms with Gasteiger partial charge in [-0.05, 0) is 92.7 Å². The van der Waals surface area contributed by atoms with Crippen molar-refractivity contribution in [1.82, 2.24) is 4.90 Å². The molecule has 0 amide bonds. The second-order valence-corrected chi connectivity index (χ2v) is 11.5. The Labute approximate surface area is 217 Å². The van der Waals surface area contributed by atoms with Crippen LogP contribution in [0.15, 0.2) is 30.3 Å². The summed E-state index contributed by atoms with van der Waals surface area (Å²) in [5.74, 6) is -0.439. The number of fused-ring (bicyclic) bond motifs is 3. The molecule has 2 aromatic carbocycles. The fourth-order valence-corrected chi connectivity index (χ4v) is 7.24. The van der Waals surface area contributed by atoms with Crippen LogP contribution in [0.5, 0.6) is 5.75 Å². The maximum absolute atomic E-state index is 14.3. The highest BCUT2D eigenvalue weighted by Gasteiger charge is 2.43. The molecule has 1 saturated carbocycles. The van der Waals surface area contributed by atoms with E-state index < -0.39 is 17.7 Å². The van der Waals surface area contributed by atoms with E-state index in [9.17, 15) is 23.1 Å². The number of halogens is 3. The maximum Gasteiger partial charge on any atom is 0.420 e. The Morgan fingerprint density at radius 1 is 1.05 bits per heavy atom. The lowest BCUT2D eigenvalue weighted by atomic mass is 9.77. The van der Waals surface area contributed by atoms with Crippen LogP contribution in [0.3, 0.4) is 0 Å². The third-order valence-electron chi connectivity index (χ3n) is 9.26. The summed E-state index contributed by atoms with van der Waals surface area (Å²) < 4.78 is 49.0. The highest BCUT2D eigenvalue weighted by molar-refractivity contribution is 5.89. The van der Waals surface area contributed by atoms with Crippen molar-refractivity contribution in [2.75, 3.05) is 0 Å². The Bertz CT molecular complexity index is 1110. The van der Waals surface area contributed by atoms with Crippen LogP contribution < -0.4 is 4.74 Å². The van der Waals surface area contributed by atoms with Gasteiger partial charge in [-0.1, -0.05) is 38.0 Å². The summed E-state index contributed by atoms with van der Waals surface area (Å²) in [4.78, 5) is 14.1.